The summed E-state index contributed by atoms with van der Waals surface area (Å²) in [4.78, 5) is 38.2. The van der Waals surface area contributed by atoms with Crippen LogP contribution in [0.15, 0.2) is 45.8 Å². The molecule has 0 aromatic heterocycles. The van der Waals surface area contributed by atoms with Crippen molar-refractivity contribution in [2.75, 3.05) is 26.1 Å². The summed E-state index contributed by atoms with van der Waals surface area (Å²) < 4.78 is 24.6. The molecule has 1 saturated heterocycles. The second-order valence-corrected chi connectivity index (χ2v) is 7.97. The van der Waals surface area contributed by atoms with Gasteiger partial charge in [-0.3, -0.25) is 19.3 Å². The minimum Gasteiger partial charge on any atom is -0.493 e. The van der Waals surface area contributed by atoms with E-state index in [1.165, 1.54) is 38.5 Å². The van der Waals surface area contributed by atoms with Gasteiger partial charge in [-0.05, 0) is 48.2 Å². The van der Waals surface area contributed by atoms with Gasteiger partial charge >= 0.3 is 0 Å². The summed E-state index contributed by atoms with van der Waals surface area (Å²) in [6.45, 7) is -0.489. The molecule has 1 heterocycles. The van der Waals surface area contributed by atoms with Gasteiger partial charge in [-0.2, -0.15) is 0 Å². The molecule has 0 bridgehead atoms. The average molecular weight is 495 g/mol. The van der Waals surface area contributed by atoms with E-state index >= 15 is 0 Å². The second kappa shape index (κ2) is 9.31. The summed E-state index contributed by atoms with van der Waals surface area (Å²) in [7, 11) is 2.95. The van der Waals surface area contributed by atoms with Gasteiger partial charge in [0.05, 0.1) is 19.1 Å². The predicted octanol–water partition coefficient (Wildman–Crippen LogP) is 4.28. The van der Waals surface area contributed by atoms with Crippen LogP contribution in [0.25, 0.3) is 6.08 Å². The lowest BCUT2D eigenvalue weighted by atomic mass is 10.1. The zero-order valence-corrected chi connectivity index (χ0v) is 18.3. The first-order chi connectivity index (χ1) is 14.3. The fourth-order valence-corrected chi connectivity index (χ4v) is 4.04. The van der Waals surface area contributed by atoms with Crippen molar-refractivity contribution in [2.45, 2.75) is 0 Å². The van der Waals surface area contributed by atoms with Crippen molar-refractivity contribution >= 4 is 56.5 Å². The first-order valence-electron chi connectivity index (χ1n) is 8.54. The molecule has 2 aromatic carbocycles. The molecule has 3 rings (SSSR count). The molecule has 2 aromatic rings. The van der Waals surface area contributed by atoms with Gasteiger partial charge in [-0.1, -0.05) is 22.0 Å². The SMILES string of the molecule is COc1cc(Br)cc(/C=C2/SC(=O)N(CC(=O)Nc3cccc(F)c3)C2=O)c1OC. The molecule has 0 atom stereocenters. The molecule has 3 amide bonds. The fourth-order valence-electron chi connectivity index (χ4n) is 2.75. The molecule has 0 radical (unpaired) electrons. The Bertz CT molecular complexity index is 1060. The number of imide groups is 1. The fraction of sp³-hybridized carbons (Fsp3) is 0.150. The monoisotopic (exact) mass is 494 g/mol. The molecule has 0 spiro atoms. The minimum atomic E-state index is -0.620. The van der Waals surface area contributed by atoms with E-state index in [2.05, 4.69) is 21.2 Å². The number of anilines is 1. The van der Waals surface area contributed by atoms with E-state index in [9.17, 15) is 18.8 Å². The first-order valence-corrected chi connectivity index (χ1v) is 10.2. The molecule has 30 heavy (non-hydrogen) atoms. The molecular weight excluding hydrogens is 479 g/mol. The molecular formula is C20H16BrFN2O5S. The number of nitrogens with one attached hydrogen (secondary N) is 1. The number of benzene rings is 2. The van der Waals surface area contributed by atoms with Gasteiger partial charge in [0.25, 0.3) is 11.1 Å². The van der Waals surface area contributed by atoms with Gasteiger partial charge in [-0.25, -0.2) is 4.39 Å². The van der Waals surface area contributed by atoms with Crippen LogP contribution in [-0.2, 0) is 9.59 Å². The standard InChI is InChI=1S/C20H16BrFN2O5S/c1-28-15-8-12(21)6-11(18(15)29-2)7-16-19(26)24(20(27)30-16)10-17(25)23-14-5-3-4-13(22)9-14/h3-9H,10H2,1-2H3,(H,23,25)/b16-7+. The lowest BCUT2D eigenvalue weighted by Gasteiger charge is -2.13. The number of amides is 3. The van der Waals surface area contributed by atoms with Crippen molar-refractivity contribution in [3.63, 3.8) is 0 Å². The Morgan fingerprint density at radius 3 is 2.67 bits per heavy atom. The molecule has 1 N–H and O–H groups in total. The quantitative estimate of drug-likeness (QED) is 0.603. The number of thioether (sulfide) groups is 1. The third kappa shape index (κ3) is 4.82. The number of hydrogen-bond acceptors (Lipinski definition) is 6. The van der Waals surface area contributed by atoms with E-state index in [1.54, 1.807) is 12.1 Å². The van der Waals surface area contributed by atoms with Crippen LogP contribution in [-0.4, -0.2) is 42.7 Å². The van der Waals surface area contributed by atoms with Crippen LogP contribution in [0.2, 0.25) is 0 Å². The van der Waals surface area contributed by atoms with Gasteiger partial charge in [0.2, 0.25) is 5.91 Å². The van der Waals surface area contributed by atoms with Gasteiger partial charge < -0.3 is 14.8 Å². The molecule has 0 saturated carbocycles. The molecule has 0 aliphatic carbocycles. The van der Waals surface area contributed by atoms with E-state index in [1.807, 2.05) is 0 Å². The van der Waals surface area contributed by atoms with Crippen LogP contribution < -0.4 is 14.8 Å². The molecule has 1 aliphatic rings. The van der Waals surface area contributed by atoms with E-state index in [0.717, 1.165) is 11.0 Å². The normalized spacial score (nSPS) is 14.9. The van der Waals surface area contributed by atoms with Crippen LogP contribution in [0.3, 0.4) is 0 Å². The third-order valence-corrected chi connectivity index (χ3v) is 5.41. The van der Waals surface area contributed by atoms with Crippen molar-refractivity contribution < 1.29 is 28.2 Å². The topological polar surface area (TPSA) is 84.9 Å². The van der Waals surface area contributed by atoms with Crippen molar-refractivity contribution in [2.24, 2.45) is 0 Å². The van der Waals surface area contributed by atoms with Gasteiger partial charge in [-0.15, -0.1) is 0 Å². The number of rotatable bonds is 6. The van der Waals surface area contributed by atoms with Crippen LogP contribution >= 0.6 is 27.7 Å². The molecule has 10 heteroatoms. The smallest absolute Gasteiger partial charge is 0.294 e. The zero-order valence-electron chi connectivity index (χ0n) is 15.9. The lowest BCUT2D eigenvalue weighted by molar-refractivity contribution is -0.127. The zero-order chi connectivity index (χ0) is 21.8. The maximum atomic E-state index is 13.2. The summed E-state index contributed by atoms with van der Waals surface area (Å²) in [6.07, 6.45) is 1.50. The Hall–Kier alpha value is -2.85. The lowest BCUT2D eigenvalue weighted by Crippen LogP contribution is -2.36. The summed E-state index contributed by atoms with van der Waals surface area (Å²) in [5.41, 5.74) is 0.756. The molecule has 0 unspecified atom stereocenters. The third-order valence-electron chi connectivity index (χ3n) is 4.04. The van der Waals surface area contributed by atoms with Crippen molar-refractivity contribution in [1.82, 2.24) is 4.90 Å². The summed E-state index contributed by atoms with van der Waals surface area (Å²) >= 11 is 4.07. The Kier molecular flexibility index (Phi) is 6.78. The maximum Gasteiger partial charge on any atom is 0.294 e. The average Bonchev–Trinajstić information content (AvgIpc) is 2.95. The maximum absolute atomic E-state index is 13.2. The number of carbonyl (C=O) groups is 3. The Morgan fingerprint density at radius 1 is 1.23 bits per heavy atom. The first kappa shape index (κ1) is 21.8. The summed E-state index contributed by atoms with van der Waals surface area (Å²) in [5, 5.41) is 1.88. The molecule has 1 fully saturated rings. The van der Waals surface area contributed by atoms with Crippen molar-refractivity contribution in [3.8, 4) is 11.5 Å². The van der Waals surface area contributed by atoms with E-state index in [0.29, 0.717) is 33.3 Å². The van der Waals surface area contributed by atoms with Crippen molar-refractivity contribution in [1.29, 1.82) is 0 Å². The number of carbonyl (C=O) groups excluding carboxylic acids is 3. The number of ether oxygens (including phenoxy) is 2. The van der Waals surface area contributed by atoms with E-state index < -0.39 is 29.4 Å². The van der Waals surface area contributed by atoms with Crippen LogP contribution in [0.1, 0.15) is 5.56 Å². The number of nitrogens with zero attached hydrogens (tertiary/aromatic N) is 1. The second-order valence-electron chi connectivity index (χ2n) is 6.06. The van der Waals surface area contributed by atoms with Crippen LogP contribution in [0, 0.1) is 5.82 Å². The number of methoxy groups -OCH3 is 2. The molecule has 156 valence electrons. The Labute approximate surface area is 184 Å². The van der Waals surface area contributed by atoms with Gasteiger partial charge in [0, 0.05) is 15.7 Å². The number of hydrogen-bond donors (Lipinski definition) is 1. The minimum absolute atomic E-state index is 0.136. The van der Waals surface area contributed by atoms with Gasteiger partial charge in [0.1, 0.15) is 12.4 Å². The van der Waals surface area contributed by atoms with E-state index in [-0.39, 0.29) is 10.6 Å². The summed E-state index contributed by atoms with van der Waals surface area (Å²) in [5.74, 6) is -0.894. The Balaban J connectivity index is 1.79. The predicted molar refractivity (Wildman–Crippen MR) is 115 cm³/mol. The highest BCUT2D eigenvalue weighted by atomic mass is 79.9. The highest BCUT2D eigenvalue weighted by Gasteiger charge is 2.36. The highest BCUT2D eigenvalue weighted by Crippen LogP contribution is 2.39. The van der Waals surface area contributed by atoms with Crippen molar-refractivity contribution in [3.05, 3.63) is 57.2 Å². The van der Waals surface area contributed by atoms with E-state index in [4.69, 9.17) is 9.47 Å². The molecule has 7 nitrogen and oxygen atoms in total. The van der Waals surface area contributed by atoms with Gasteiger partial charge in [0.15, 0.2) is 11.5 Å². The number of halogens is 2. The summed E-state index contributed by atoms with van der Waals surface area (Å²) in [6, 6.07) is 8.74. The van der Waals surface area contributed by atoms with Crippen LogP contribution in [0.5, 0.6) is 11.5 Å². The molecule has 1 aliphatic heterocycles. The largest absolute Gasteiger partial charge is 0.493 e. The Morgan fingerprint density at radius 2 is 2.00 bits per heavy atom. The highest BCUT2D eigenvalue weighted by molar-refractivity contribution is 9.10. The van der Waals surface area contributed by atoms with Crippen LogP contribution in [0.4, 0.5) is 14.9 Å².